The van der Waals surface area contributed by atoms with Gasteiger partial charge in [-0.05, 0) is 55.0 Å². The van der Waals surface area contributed by atoms with E-state index in [1.54, 1.807) is 42.5 Å². The first-order chi connectivity index (χ1) is 18.3. The Kier molecular flexibility index (Phi) is 7.76. The van der Waals surface area contributed by atoms with Crippen molar-refractivity contribution in [2.45, 2.75) is 13.5 Å². The molecule has 1 fully saturated rings. The van der Waals surface area contributed by atoms with Crippen molar-refractivity contribution in [2.24, 2.45) is 0 Å². The number of nitrogens with one attached hydrogen (secondary N) is 1. The van der Waals surface area contributed by atoms with Crippen LogP contribution in [0.25, 0.3) is 6.08 Å². The zero-order chi connectivity index (χ0) is 27.2. The highest BCUT2D eigenvalue weighted by Gasteiger charge is 2.37. The molecule has 196 valence electrons. The lowest BCUT2D eigenvalue weighted by atomic mass is 10.1. The Morgan fingerprint density at radius 1 is 1.00 bits per heavy atom. The van der Waals surface area contributed by atoms with Gasteiger partial charge in [0.2, 0.25) is 5.76 Å². The van der Waals surface area contributed by atoms with Gasteiger partial charge in [-0.3, -0.25) is 14.9 Å². The summed E-state index contributed by atoms with van der Waals surface area (Å²) in [6.07, 6.45) is 1.35. The van der Waals surface area contributed by atoms with Crippen LogP contribution in [0.4, 0.5) is 10.5 Å². The molecule has 11 heteroatoms. The van der Waals surface area contributed by atoms with Crippen LogP contribution in [0.3, 0.4) is 0 Å². The van der Waals surface area contributed by atoms with Gasteiger partial charge in [0.05, 0.1) is 26.5 Å². The quantitative estimate of drug-likeness (QED) is 0.255. The number of benzene rings is 2. The number of barbiturate groups is 1. The van der Waals surface area contributed by atoms with Gasteiger partial charge in [-0.2, -0.15) is 0 Å². The number of esters is 1. The number of nitrogens with zero attached hydrogens (tertiary/aromatic N) is 1. The molecule has 1 aliphatic rings. The molecule has 1 saturated heterocycles. The van der Waals surface area contributed by atoms with Gasteiger partial charge in [0, 0.05) is 6.07 Å². The monoisotopic (exact) mass is 520 g/mol. The van der Waals surface area contributed by atoms with Crippen LogP contribution in [0.5, 0.6) is 17.2 Å². The van der Waals surface area contributed by atoms with Crippen molar-refractivity contribution in [3.8, 4) is 17.2 Å². The summed E-state index contributed by atoms with van der Waals surface area (Å²) in [5.41, 5.74) is 0.468. The fraction of sp³-hybridized carbons (Fsp3) is 0.185. The Hall–Kier alpha value is -5.06. The number of methoxy groups -OCH3 is 2. The molecule has 11 nitrogen and oxygen atoms in total. The topological polar surface area (TPSA) is 134 Å². The molecule has 0 saturated carbocycles. The lowest BCUT2D eigenvalue weighted by Crippen LogP contribution is -2.54. The number of amides is 4. The van der Waals surface area contributed by atoms with Crippen molar-refractivity contribution in [2.75, 3.05) is 25.7 Å². The lowest BCUT2D eigenvalue weighted by molar-refractivity contribution is -0.122. The Balaban J connectivity index is 1.55. The molecule has 2 aromatic carbocycles. The zero-order valence-electron chi connectivity index (χ0n) is 20.8. The highest BCUT2D eigenvalue weighted by Crippen LogP contribution is 2.31. The maximum Gasteiger partial charge on any atom is 0.373 e. The van der Waals surface area contributed by atoms with E-state index < -0.39 is 23.8 Å². The summed E-state index contributed by atoms with van der Waals surface area (Å²) in [5, 5.41) is 2.19. The van der Waals surface area contributed by atoms with Gasteiger partial charge in [0.1, 0.15) is 23.7 Å². The van der Waals surface area contributed by atoms with Crippen LogP contribution in [0, 0.1) is 0 Å². The smallest absolute Gasteiger partial charge is 0.373 e. The minimum Gasteiger partial charge on any atom is -0.494 e. The van der Waals surface area contributed by atoms with Crippen molar-refractivity contribution in [1.82, 2.24) is 5.32 Å². The minimum absolute atomic E-state index is 0.00651. The van der Waals surface area contributed by atoms with Crippen molar-refractivity contribution in [1.29, 1.82) is 0 Å². The number of hydrogen-bond acceptors (Lipinski definition) is 9. The highest BCUT2D eigenvalue weighted by molar-refractivity contribution is 6.39. The van der Waals surface area contributed by atoms with Crippen molar-refractivity contribution in [3.05, 3.63) is 77.3 Å². The van der Waals surface area contributed by atoms with Crippen molar-refractivity contribution < 1.29 is 42.5 Å². The summed E-state index contributed by atoms with van der Waals surface area (Å²) in [6.45, 7) is 2.23. The molecule has 1 N–H and O–H groups in total. The van der Waals surface area contributed by atoms with E-state index in [9.17, 15) is 19.2 Å². The van der Waals surface area contributed by atoms with Crippen molar-refractivity contribution in [3.63, 3.8) is 0 Å². The first kappa shape index (κ1) is 26.0. The van der Waals surface area contributed by atoms with Crippen LogP contribution in [-0.2, 0) is 20.9 Å². The number of carbonyl (C=O) groups excluding carboxylic acids is 4. The molecule has 3 aromatic rings. The third kappa shape index (κ3) is 5.51. The first-order valence-electron chi connectivity index (χ1n) is 11.5. The molecule has 0 spiro atoms. The van der Waals surface area contributed by atoms with E-state index in [1.807, 2.05) is 6.92 Å². The summed E-state index contributed by atoms with van der Waals surface area (Å²) in [5.74, 6) is -0.621. The van der Waals surface area contributed by atoms with Gasteiger partial charge < -0.3 is 23.4 Å². The Morgan fingerprint density at radius 2 is 1.82 bits per heavy atom. The number of hydrogen-bond donors (Lipinski definition) is 1. The normalized spacial score (nSPS) is 14.3. The minimum atomic E-state index is -0.861. The number of ether oxygens (including phenoxy) is 4. The fourth-order valence-electron chi connectivity index (χ4n) is 3.65. The van der Waals surface area contributed by atoms with Crippen LogP contribution in [0.1, 0.15) is 28.8 Å². The van der Waals surface area contributed by atoms with Crippen LogP contribution >= 0.6 is 0 Å². The molecule has 4 amide bonds. The SMILES string of the molecule is CCOc1cccc(N2C(=O)NC(=O)/C(=C/c3ccc(OCc4ccc(C(=O)OC)o4)c(OC)c3)C2=O)c1. The average Bonchev–Trinajstić information content (AvgIpc) is 3.39. The predicted octanol–water partition coefficient (Wildman–Crippen LogP) is 3.72. The Morgan fingerprint density at radius 3 is 2.55 bits per heavy atom. The fourth-order valence-corrected chi connectivity index (χ4v) is 3.65. The van der Waals surface area contributed by atoms with Gasteiger partial charge >= 0.3 is 12.0 Å². The first-order valence-corrected chi connectivity index (χ1v) is 11.5. The van der Waals surface area contributed by atoms with Crippen LogP contribution in [0.2, 0.25) is 0 Å². The molecule has 0 unspecified atom stereocenters. The molecule has 0 bridgehead atoms. The number of urea groups is 1. The van der Waals surface area contributed by atoms with E-state index in [1.165, 1.54) is 32.4 Å². The number of rotatable bonds is 9. The number of anilines is 1. The molecule has 0 aliphatic carbocycles. The van der Waals surface area contributed by atoms with Gasteiger partial charge in [-0.15, -0.1) is 0 Å². The Labute approximate surface area is 217 Å². The summed E-state index contributed by atoms with van der Waals surface area (Å²) in [4.78, 5) is 50.7. The van der Waals surface area contributed by atoms with E-state index in [-0.39, 0.29) is 23.6 Å². The van der Waals surface area contributed by atoms with E-state index >= 15 is 0 Å². The standard InChI is InChI=1S/C27H24N2O9/c1-4-36-18-7-5-6-17(14-18)29-25(31)20(24(30)28-27(29)33)12-16-8-10-21(23(13-16)34-2)37-15-19-9-11-22(38-19)26(32)35-3/h5-14H,4,15H2,1-3H3,(H,28,30,33)/b20-12-. The molecule has 1 aliphatic heterocycles. The number of furan rings is 1. The third-order valence-electron chi connectivity index (χ3n) is 5.41. The largest absolute Gasteiger partial charge is 0.494 e. The van der Waals surface area contributed by atoms with Gasteiger partial charge in [0.25, 0.3) is 11.8 Å². The maximum atomic E-state index is 13.2. The van der Waals surface area contributed by atoms with E-state index in [0.29, 0.717) is 35.2 Å². The summed E-state index contributed by atoms with van der Waals surface area (Å²) in [7, 11) is 2.69. The van der Waals surface area contributed by atoms with Gasteiger partial charge in [0.15, 0.2) is 11.5 Å². The predicted molar refractivity (Wildman–Crippen MR) is 134 cm³/mol. The average molecular weight is 520 g/mol. The van der Waals surface area contributed by atoms with Crippen LogP contribution in [0.15, 0.2) is 64.6 Å². The molecular formula is C27H24N2O9. The molecule has 4 rings (SSSR count). The van der Waals surface area contributed by atoms with Crippen molar-refractivity contribution >= 4 is 35.6 Å². The molecule has 1 aromatic heterocycles. The molecular weight excluding hydrogens is 496 g/mol. The van der Waals surface area contributed by atoms with Crippen LogP contribution in [-0.4, -0.2) is 44.6 Å². The lowest BCUT2D eigenvalue weighted by Gasteiger charge is -2.26. The van der Waals surface area contributed by atoms with E-state index in [0.717, 1.165) is 4.90 Å². The molecule has 0 atom stereocenters. The molecule has 2 heterocycles. The molecule has 0 radical (unpaired) electrons. The van der Waals surface area contributed by atoms with Crippen LogP contribution < -0.4 is 24.4 Å². The second-order valence-electron chi connectivity index (χ2n) is 7.84. The molecule has 38 heavy (non-hydrogen) atoms. The zero-order valence-corrected chi connectivity index (χ0v) is 20.8. The van der Waals surface area contributed by atoms with Gasteiger partial charge in [-0.1, -0.05) is 12.1 Å². The number of carbonyl (C=O) groups is 4. The third-order valence-corrected chi connectivity index (χ3v) is 5.41. The summed E-state index contributed by atoms with van der Waals surface area (Å²) < 4.78 is 26.6. The second-order valence-corrected chi connectivity index (χ2v) is 7.84. The van der Waals surface area contributed by atoms with E-state index in [2.05, 4.69) is 10.1 Å². The number of imide groups is 2. The second kappa shape index (κ2) is 11.3. The van der Waals surface area contributed by atoms with E-state index in [4.69, 9.17) is 18.6 Å². The highest BCUT2D eigenvalue weighted by atomic mass is 16.5. The van der Waals surface area contributed by atoms with Gasteiger partial charge in [-0.25, -0.2) is 14.5 Å². The summed E-state index contributed by atoms with van der Waals surface area (Å²) >= 11 is 0. The Bertz CT molecular complexity index is 1420. The summed E-state index contributed by atoms with van der Waals surface area (Å²) in [6, 6.07) is 13.4. The maximum absolute atomic E-state index is 13.2.